The van der Waals surface area contributed by atoms with Gasteiger partial charge in [0.2, 0.25) is 0 Å². The number of phenolic OH excluding ortho intramolecular Hbond substituents is 1. The molecule has 1 aliphatic heterocycles. The first-order valence-corrected chi connectivity index (χ1v) is 10.1. The number of alkyl halides is 3. The Labute approximate surface area is 183 Å². The molecule has 0 amide bonds. The highest BCUT2D eigenvalue weighted by atomic mass is 19.4. The summed E-state index contributed by atoms with van der Waals surface area (Å²) in [5, 5.41) is 10.3. The number of fused-ring (bicyclic) bond motifs is 1. The highest BCUT2D eigenvalue weighted by Crippen LogP contribution is 2.32. The summed E-state index contributed by atoms with van der Waals surface area (Å²) in [7, 11) is 3.85. The van der Waals surface area contributed by atoms with Gasteiger partial charge < -0.3 is 14.7 Å². The Bertz CT molecular complexity index is 1100. The van der Waals surface area contributed by atoms with Crippen LogP contribution in [0.15, 0.2) is 48.5 Å². The number of benzene rings is 2. The maximum absolute atomic E-state index is 12.4. The predicted molar refractivity (Wildman–Crippen MR) is 114 cm³/mol. The monoisotopic (exact) mass is 444 g/mol. The average Bonchev–Trinajstić information content (AvgIpc) is 2.73. The number of halogens is 3. The zero-order chi connectivity index (χ0) is 22.9. The average molecular weight is 444 g/mol. The molecule has 1 N–H and O–H groups in total. The summed E-state index contributed by atoms with van der Waals surface area (Å²) < 4.78 is 41.0. The first-order valence-electron chi connectivity index (χ1n) is 10.1. The Balaban J connectivity index is 1.57. The van der Waals surface area contributed by atoms with Gasteiger partial charge in [0.15, 0.2) is 5.82 Å². The molecule has 0 aliphatic carbocycles. The molecule has 4 rings (SSSR count). The summed E-state index contributed by atoms with van der Waals surface area (Å²) in [4.78, 5) is 13.6. The van der Waals surface area contributed by atoms with E-state index in [9.17, 15) is 18.3 Å². The number of aromatic nitrogens is 2. The Kier molecular flexibility index (Phi) is 5.92. The van der Waals surface area contributed by atoms with E-state index in [0.717, 1.165) is 35.6 Å². The molecule has 0 spiro atoms. The molecule has 1 aromatic heterocycles. The SMILES string of the molecule is CN(C)c1nc(-c2ccccc2O)nc2c1CCN(Cc1ccc(OC(F)(F)F)cc1)C2. The number of phenols is 1. The van der Waals surface area contributed by atoms with E-state index in [1.165, 1.54) is 12.1 Å². The molecule has 0 radical (unpaired) electrons. The van der Waals surface area contributed by atoms with Gasteiger partial charge in [-0.3, -0.25) is 4.90 Å². The molecule has 0 saturated heterocycles. The third kappa shape index (κ3) is 4.94. The van der Waals surface area contributed by atoms with Gasteiger partial charge in [-0.2, -0.15) is 0 Å². The maximum atomic E-state index is 12.4. The van der Waals surface area contributed by atoms with E-state index >= 15 is 0 Å². The molecule has 3 aromatic rings. The normalized spacial score (nSPS) is 14.2. The number of hydrogen-bond donors (Lipinski definition) is 1. The smallest absolute Gasteiger partial charge is 0.507 e. The van der Waals surface area contributed by atoms with Gasteiger partial charge >= 0.3 is 6.36 Å². The quantitative estimate of drug-likeness (QED) is 0.631. The minimum absolute atomic E-state index is 0.117. The molecule has 1 aliphatic rings. The third-order valence-corrected chi connectivity index (χ3v) is 5.25. The standard InChI is InChI=1S/C23H23F3N4O2/c1-29(2)22-17-11-12-30(13-15-7-9-16(10-8-15)32-23(24,25)26)14-19(17)27-21(28-22)18-5-3-4-6-20(18)31/h3-10,31H,11-14H2,1-2H3. The van der Waals surface area contributed by atoms with Crippen molar-refractivity contribution in [1.29, 1.82) is 0 Å². The van der Waals surface area contributed by atoms with Gasteiger partial charge in [0.05, 0.1) is 11.3 Å². The van der Waals surface area contributed by atoms with Crippen molar-refractivity contribution in [2.75, 3.05) is 25.5 Å². The minimum Gasteiger partial charge on any atom is -0.507 e. The molecule has 0 saturated carbocycles. The third-order valence-electron chi connectivity index (χ3n) is 5.25. The van der Waals surface area contributed by atoms with Crippen LogP contribution in [0.5, 0.6) is 11.5 Å². The first kappa shape index (κ1) is 21.9. The number of hydrogen-bond acceptors (Lipinski definition) is 6. The van der Waals surface area contributed by atoms with E-state index in [1.807, 2.05) is 25.1 Å². The van der Waals surface area contributed by atoms with Crippen molar-refractivity contribution >= 4 is 5.82 Å². The van der Waals surface area contributed by atoms with Crippen LogP contribution in [0, 0.1) is 0 Å². The van der Waals surface area contributed by atoms with Crippen LogP contribution in [0.1, 0.15) is 16.8 Å². The largest absolute Gasteiger partial charge is 0.573 e. The molecule has 9 heteroatoms. The fraction of sp³-hybridized carbons (Fsp3) is 0.304. The van der Waals surface area contributed by atoms with E-state index in [2.05, 4.69) is 9.64 Å². The second kappa shape index (κ2) is 8.66. The van der Waals surface area contributed by atoms with Crippen LogP contribution in [0.2, 0.25) is 0 Å². The van der Waals surface area contributed by atoms with Crippen molar-refractivity contribution in [2.24, 2.45) is 0 Å². The molecule has 32 heavy (non-hydrogen) atoms. The van der Waals surface area contributed by atoms with E-state index in [0.29, 0.717) is 24.5 Å². The molecule has 2 heterocycles. The highest BCUT2D eigenvalue weighted by molar-refractivity contribution is 5.66. The lowest BCUT2D eigenvalue weighted by Gasteiger charge is -2.30. The second-order valence-electron chi connectivity index (χ2n) is 7.86. The van der Waals surface area contributed by atoms with Gasteiger partial charge in [-0.05, 0) is 36.2 Å². The summed E-state index contributed by atoms with van der Waals surface area (Å²) >= 11 is 0. The summed E-state index contributed by atoms with van der Waals surface area (Å²) in [5.41, 5.74) is 3.39. The number of nitrogens with zero attached hydrogens (tertiary/aromatic N) is 4. The predicted octanol–water partition coefficient (Wildman–Crippen LogP) is 4.37. The summed E-state index contributed by atoms with van der Waals surface area (Å²) in [5.74, 6) is 1.16. The van der Waals surface area contributed by atoms with E-state index < -0.39 is 6.36 Å². The maximum Gasteiger partial charge on any atom is 0.573 e. The Hall–Kier alpha value is -3.33. The fourth-order valence-electron chi connectivity index (χ4n) is 3.81. The van der Waals surface area contributed by atoms with Gasteiger partial charge in [0.1, 0.15) is 17.3 Å². The van der Waals surface area contributed by atoms with Gasteiger partial charge in [-0.15, -0.1) is 13.2 Å². The summed E-state index contributed by atoms with van der Waals surface area (Å²) in [6.45, 7) is 1.91. The van der Waals surface area contributed by atoms with Crippen LogP contribution in [-0.2, 0) is 19.5 Å². The molecule has 168 valence electrons. The Morgan fingerprint density at radius 1 is 1.06 bits per heavy atom. The van der Waals surface area contributed by atoms with Crippen molar-refractivity contribution in [3.63, 3.8) is 0 Å². The Morgan fingerprint density at radius 3 is 2.44 bits per heavy atom. The van der Waals surface area contributed by atoms with Gasteiger partial charge in [-0.25, -0.2) is 9.97 Å². The van der Waals surface area contributed by atoms with E-state index in [4.69, 9.17) is 9.97 Å². The lowest BCUT2D eigenvalue weighted by atomic mass is 10.0. The van der Waals surface area contributed by atoms with Crippen LogP contribution in [0.25, 0.3) is 11.4 Å². The van der Waals surface area contributed by atoms with E-state index in [1.54, 1.807) is 30.3 Å². The molecule has 0 atom stereocenters. The number of aromatic hydroxyl groups is 1. The molecular weight excluding hydrogens is 421 g/mol. The minimum atomic E-state index is -4.70. The van der Waals surface area contributed by atoms with E-state index in [-0.39, 0.29) is 11.5 Å². The zero-order valence-electron chi connectivity index (χ0n) is 17.7. The second-order valence-corrected chi connectivity index (χ2v) is 7.86. The van der Waals surface area contributed by atoms with Crippen LogP contribution >= 0.6 is 0 Å². The van der Waals surface area contributed by atoms with Gasteiger partial charge in [-0.1, -0.05) is 24.3 Å². The number of rotatable bonds is 5. The van der Waals surface area contributed by atoms with Gasteiger partial charge in [0.25, 0.3) is 0 Å². The van der Waals surface area contributed by atoms with Crippen LogP contribution in [-0.4, -0.2) is 47.0 Å². The lowest BCUT2D eigenvalue weighted by Crippen LogP contribution is -2.32. The molecule has 6 nitrogen and oxygen atoms in total. The fourth-order valence-corrected chi connectivity index (χ4v) is 3.81. The topological polar surface area (TPSA) is 61.7 Å². The number of anilines is 1. The van der Waals surface area contributed by atoms with Gasteiger partial charge in [0, 0.05) is 39.3 Å². The molecule has 0 bridgehead atoms. The van der Waals surface area contributed by atoms with Crippen molar-refractivity contribution < 1.29 is 23.0 Å². The highest BCUT2D eigenvalue weighted by Gasteiger charge is 2.31. The molecule has 2 aromatic carbocycles. The molecule has 0 unspecified atom stereocenters. The lowest BCUT2D eigenvalue weighted by molar-refractivity contribution is -0.274. The van der Waals surface area contributed by atoms with Crippen LogP contribution in [0.4, 0.5) is 19.0 Å². The van der Waals surface area contributed by atoms with Crippen molar-refractivity contribution in [1.82, 2.24) is 14.9 Å². The van der Waals surface area contributed by atoms with Crippen molar-refractivity contribution in [3.05, 3.63) is 65.4 Å². The first-order chi connectivity index (χ1) is 15.2. The number of para-hydroxylation sites is 1. The number of ether oxygens (including phenoxy) is 1. The van der Waals surface area contributed by atoms with Crippen LogP contribution in [0.3, 0.4) is 0 Å². The van der Waals surface area contributed by atoms with Crippen molar-refractivity contribution in [3.8, 4) is 22.9 Å². The Morgan fingerprint density at radius 2 is 1.78 bits per heavy atom. The molecular formula is C23H23F3N4O2. The van der Waals surface area contributed by atoms with Crippen LogP contribution < -0.4 is 9.64 Å². The zero-order valence-corrected chi connectivity index (χ0v) is 17.7. The summed E-state index contributed by atoms with van der Waals surface area (Å²) in [6, 6.07) is 12.9. The molecule has 0 fully saturated rings. The summed E-state index contributed by atoms with van der Waals surface area (Å²) in [6.07, 6.45) is -3.95. The van der Waals surface area contributed by atoms with Crippen molar-refractivity contribution in [2.45, 2.75) is 25.9 Å².